The van der Waals surface area contributed by atoms with Gasteiger partial charge in [0.15, 0.2) is 0 Å². The van der Waals surface area contributed by atoms with Crippen molar-refractivity contribution >= 4 is 23.2 Å². The van der Waals surface area contributed by atoms with Crippen LogP contribution in [0, 0.1) is 12.8 Å². The monoisotopic (exact) mass is 338 g/mol. The summed E-state index contributed by atoms with van der Waals surface area (Å²) in [5.41, 5.74) is 2.65. The molecule has 2 aromatic carbocycles. The Hall–Kier alpha value is -2.82. The zero-order valence-electron chi connectivity index (χ0n) is 14.5. The number of amides is 2. The highest BCUT2D eigenvalue weighted by atomic mass is 16.5. The van der Waals surface area contributed by atoms with Crippen LogP contribution in [0.5, 0.6) is 5.75 Å². The van der Waals surface area contributed by atoms with E-state index in [2.05, 4.69) is 5.32 Å². The first-order chi connectivity index (χ1) is 12.1. The van der Waals surface area contributed by atoms with Gasteiger partial charge >= 0.3 is 0 Å². The van der Waals surface area contributed by atoms with E-state index < -0.39 is 0 Å². The first-order valence-corrected chi connectivity index (χ1v) is 8.47. The molecule has 0 aliphatic carbocycles. The molecule has 0 bridgehead atoms. The normalized spacial score (nSPS) is 16.8. The maximum atomic E-state index is 12.5. The van der Waals surface area contributed by atoms with Gasteiger partial charge in [0.1, 0.15) is 5.75 Å². The van der Waals surface area contributed by atoms with Crippen LogP contribution in [0.4, 0.5) is 11.4 Å². The van der Waals surface area contributed by atoms with Gasteiger partial charge in [-0.1, -0.05) is 23.8 Å². The molecule has 2 amide bonds. The summed E-state index contributed by atoms with van der Waals surface area (Å²) in [7, 11) is 0. The zero-order chi connectivity index (χ0) is 17.8. The van der Waals surface area contributed by atoms with Gasteiger partial charge in [-0.05, 0) is 38.1 Å². The topological polar surface area (TPSA) is 58.6 Å². The van der Waals surface area contributed by atoms with E-state index in [0.717, 1.165) is 11.3 Å². The maximum absolute atomic E-state index is 12.5. The summed E-state index contributed by atoms with van der Waals surface area (Å²) in [6, 6.07) is 15.0. The molecule has 1 fully saturated rings. The molecule has 0 unspecified atom stereocenters. The van der Waals surface area contributed by atoms with Gasteiger partial charge in [0.05, 0.1) is 12.5 Å². The van der Waals surface area contributed by atoms with Gasteiger partial charge in [0.25, 0.3) is 0 Å². The van der Waals surface area contributed by atoms with Gasteiger partial charge in [-0.15, -0.1) is 0 Å². The van der Waals surface area contributed by atoms with E-state index in [1.807, 2.05) is 56.3 Å². The number of nitrogens with zero attached hydrogens (tertiary/aromatic N) is 1. The molecule has 3 rings (SSSR count). The number of aryl methyl sites for hydroxylation is 1. The predicted molar refractivity (Wildman–Crippen MR) is 97.9 cm³/mol. The van der Waals surface area contributed by atoms with Gasteiger partial charge in [-0.2, -0.15) is 0 Å². The lowest BCUT2D eigenvalue weighted by molar-refractivity contribution is -0.122. The average molecular weight is 338 g/mol. The third kappa shape index (κ3) is 3.99. The lowest BCUT2D eigenvalue weighted by atomic mass is 10.1. The van der Waals surface area contributed by atoms with E-state index in [0.29, 0.717) is 24.6 Å². The molecule has 1 N–H and O–H groups in total. The molecule has 1 aliphatic heterocycles. The van der Waals surface area contributed by atoms with Crippen molar-refractivity contribution in [3.05, 3.63) is 54.1 Å². The Morgan fingerprint density at radius 1 is 1.24 bits per heavy atom. The maximum Gasteiger partial charge on any atom is 0.229 e. The fraction of sp³-hybridized carbons (Fsp3) is 0.300. The number of anilines is 2. The van der Waals surface area contributed by atoms with Gasteiger partial charge < -0.3 is 15.0 Å². The van der Waals surface area contributed by atoms with E-state index in [1.54, 1.807) is 11.0 Å². The van der Waals surface area contributed by atoms with Crippen LogP contribution in [0.15, 0.2) is 48.5 Å². The fourth-order valence-corrected chi connectivity index (χ4v) is 2.93. The van der Waals surface area contributed by atoms with Crippen LogP contribution in [0.25, 0.3) is 0 Å². The highest BCUT2D eigenvalue weighted by Gasteiger charge is 2.35. The average Bonchev–Trinajstić information content (AvgIpc) is 2.98. The van der Waals surface area contributed by atoms with E-state index in [-0.39, 0.29) is 24.2 Å². The number of rotatable bonds is 5. The zero-order valence-corrected chi connectivity index (χ0v) is 14.5. The Balaban J connectivity index is 1.66. The number of hydrogen-bond acceptors (Lipinski definition) is 3. The molecule has 2 aromatic rings. The van der Waals surface area contributed by atoms with Gasteiger partial charge in [0.2, 0.25) is 11.8 Å². The summed E-state index contributed by atoms with van der Waals surface area (Å²) in [5.74, 6) is 0.192. The summed E-state index contributed by atoms with van der Waals surface area (Å²) in [5, 5.41) is 2.89. The molecule has 0 radical (unpaired) electrons. The Kier molecular flexibility index (Phi) is 5.03. The van der Waals surface area contributed by atoms with Crippen LogP contribution in [-0.4, -0.2) is 25.0 Å². The molecule has 130 valence electrons. The SMILES string of the molecule is CCOc1cccc(NC(=O)[C@H]2CC(=O)N(c3ccc(C)cc3)C2)c1. The fourth-order valence-electron chi connectivity index (χ4n) is 2.93. The highest BCUT2D eigenvalue weighted by molar-refractivity contribution is 6.03. The minimum Gasteiger partial charge on any atom is -0.494 e. The third-order valence-corrected chi connectivity index (χ3v) is 4.25. The van der Waals surface area contributed by atoms with Crippen molar-refractivity contribution in [1.82, 2.24) is 0 Å². The Labute approximate surface area is 147 Å². The van der Waals surface area contributed by atoms with Crippen molar-refractivity contribution in [2.45, 2.75) is 20.3 Å². The van der Waals surface area contributed by atoms with Gasteiger partial charge in [-0.3, -0.25) is 9.59 Å². The highest BCUT2D eigenvalue weighted by Crippen LogP contribution is 2.27. The quantitative estimate of drug-likeness (QED) is 0.909. The molecule has 1 heterocycles. The van der Waals surface area contributed by atoms with Crippen LogP contribution >= 0.6 is 0 Å². The van der Waals surface area contributed by atoms with Crippen LogP contribution in [0.1, 0.15) is 18.9 Å². The lowest BCUT2D eigenvalue weighted by Crippen LogP contribution is -2.28. The third-order valence-electron chi connectivity index (χ3n) is 4.25. The molecule has 5 nitrogen and oxygen atoms in total. The number of nitrogens with one attached hydrogen (secondary N) is 1. The van der Waals surface area contributed by atoms with Crippen LogP contribution < -0.4 is 15.0 Å². The molecule has 25 heavy (non-hydrogen) atoms. The summed E-state index contributed by atoms with van der Waals surface area (Å²) >= 11 is 0. The molecule has 1 saturated heterocycles. The van der Waals surface area contributed by atoms with E-state index in [1.165, 1.54) is 0 Å². The van der Waals surface area contributed by atoms with Crippen molar-refractivity contribution in [2.24, 2.45) is 5.92 Å². The van der Waals surface area contributed by atoms with E-state index >= 15 is 0 Å². The van der Waals surface area contributed by atoms with Crippen LogP contribution in [-0.2, 0) is 9.59 Å². The van der Waals surface area contributed by atoms with Crippen LogP contribution in [0.2, 0.25) is 0 Å². The number of hydrogen-bond donors (Lipinski definition) is 1. The number of carbonyl (C=O) groups excluding carboxylic acids is 2. The molecular formula is C20H22N2O3. The van der Waals surface area contributed by atoms with Gasteiger partial charge in [0, 0.05) is 30.4 Å². The molecule has 1 aliphatic rings. The Bertz CT molecular complexity index is 771. The molecule has 0 aromatic heterocycles. The summed E-state index contributed by atoms with van der Waals surface area (Å²) in [6.07, 6.45) is 0.227. The number of carbonyl (C=O) groups is 2. The second-order valence-electron chi connectivity index (χ2n) is 6.19. The lowest BCUT2D eigenvalue weighted by Gasteiger charge is -2.17. The van der Waals surface area contributed by atoms with Crippen molar-refractivity contribution in [2.75, 3.05) is 23.4 Å². The Morgan fingerprint density at radius 2 is 2.00 bits per heavy atom. The van der Waals surface area contributed by atoms with Crippen LogP contribution in [0.3, 0.4) is 0 Å². The first kappa shape index (κ1) is 17.0. The molecule has 5 heteroatoms. The summed E-state index contributed by atoms with van der Waals surface area (Å²) in [6.45, 7) is 4.89. The van der Waals surface area contributed by atoms with E-state index in [4.69, 9.17) is 4.74 Å². The molecule has 1 atom stereocenters. The number of benzene rings is 2. The predicted octanol–water partition coefficient (Wildman–Crippen LogP) is 3.39. The first-order valence-electron chi connectivity index (χ1n) is 8.47. The van der Waals surface area contributed by atoms with Crippen molar-refractivity contribution in [3.8, 4) is 5.75 Å². The minimum absolute atomic E-state index is 0.0212. The van der Waals surface area contributed by atoms with Gasteiger partial charge in [-0.25, -0.2) is 0 Å². The largest absolute Gasteiger partial charge is 0.494 e. The summed E-state index contributed by atoms with van der Waals surface area (Å²) in [4.78, 5) is 26.5. The standard InChI is InChI=1S/C20H22N2O3/c1-3-25-18-6-4-5-16(12-18)21-20(24)15-11-19(23)22(13-15)17-9-7-14(2)8-10-17/h4-10,12,15H,3,11,13H2,1-2H3,(H,21,24)/t15-/m0/s1. The summed E-state index contributed by atoms with van der Waals surface area (Å²) < 4.78 is 5.44. The molecule has 0 spiro atoms. The minimum atomic E-state index is -0.357. The smallest absolute Gasteiger partial charge is 0.229 e. The van der Waals surface area contributed by atoms with E-state index in [9.17, 15) is 9.59 Å². The number of ether oxygens (including phenoxy) is 1. The van der Waals surface area contributed by atoms with Crippen molar-refractivity contribution < 1.29 is 14.3 Å². The van der Waals surface area contributed by atoms with Crippen molar-refractivity contribution in [1.29, 1.82) is 0 Å². The second kappa shape index (κ2) is 7.38. The van der Waals surface area contributed by atoms with Crippen molar-refractivity contribution in [3.63, 3.8) is 0 Å². The molecular weight excluding hydrogens is 316 g/mol. The molecule has 0 saturated carbocycles. The second-order valence-corrected chi connectivity index (χ2v) is 6.19. The Morgan fingerprint density at radius 3 is 2.72 bits per heavy atom.